The quantitative estimate of drug-likeness (QED) is 0.800. The smallest absolute Gasteiger partial charge is 0.274 e. The van der Waals surface area contributed by atoms with Crippen LogP contribution in [0.25, 0.3) is 5.78 Å². The number of carbonyl (C=O) groups excluding carboxylic acids is 1. The molecule has 0 saturated carbocycles. The first kappa shape index (κ1) is 15.3. The number of likely N-dealkylation sites (tertiary alicyclic amines) is 1. The summed E-state index contributed by atoms with van der Waals surface area (Å²) in [5.41, 5.74) is 0.658. The number of rotatable bonds is 2. The second-order valence-electron chi connectivity index (χ2n) is 7.06. The van der Waals surface area contributed by atoms with Gasteiger partial charge in [-0.3, -0.25) is 14.7 Å². The molecule has 2 aliphatic heterocycles. The second-order valence-corrected chi connectivity index (χ2v) is 7.06. The van der Waals surface area contributed by atoms with Crippen molar-refractivity contribution in [1.29, 1.82) is 0 Å². The van der Waals surface area contributed by atoms with E-state index in [9.17, 15) is 9.59 Å². The number of amides is 1. The van der Waals surface area contributed by atoms with Crippen molar-refractivity contribution >= 4 is 11.7 Å². The fourth-order valence-corrected chi connectivity index (χ4v) is 3.94. The highest BCUT2D eigenvalue weighted by Gasteiger charge is 2.39. The number of aryl methyl sites for hydroxylation is 1. The van der Waals surface area contributed by atoms with Gasteiger partial charge < -0.3 is 10.2 Å². The summed E-state index contributed by atoms with van der Waals surface area (Å²) in [7, 11) is 0. The van der Waals surface area contributed by atoms with E-state index in [-0.39, 0.29) is 23.3 Å². The highest BCUT2D eigenvalue weighted by atomic mass is 16.2. The first-order valence-electron chi connectivity index (χ1n) is 8.49. The number of carbonyl (C=O) groups is 1. The molecule has 0 radical (unpaired) electrons. The molecule has 8 heteroatoms. The van der Waals surface area contributed by atoms with Crippen LogP contribution in [-0.2, 0) is 11.2 Å². The summed E-state index contributed by atoms with van der Waals surface area (Å²) in [5.74, 6) is 0.863. The maximum atomic E-state index is 12.7. The molecular weight excluding hydrogens is 308 g/mol. The number of hydrogen-bond acceptors (Lipinski definition) is 5. The molecule has 0 aromatic carbocycles. The van der Waals surface area contributed by atoms with E-state index in [0.717, 1.165) is 39.0 Å². The molecule has 1 spiro atoms. The molecule has 0 bridgehead atoms. The van der Waals surface area contributed by atoms with Crippen LogP contribution >= 0.6 is 0 Å². The molecule has 2 saturated heterocycles. The van der Waals surface area contributed by atoms with E-state index in [2.05, 4.69) is 20.4 Å². The van der Waals surface area contributed by atoms with Gasteiger partial charge in [0.25, 0.3) is 11.3 Å². The van der Waals surface area contributed by atoms with Gasteiger partial charge in [-0.25, -0.2) is 4.98 Å². The minimum absolute atomic E-state index is 0.0600. The number of nitrogens with zero attached hydrogens (tertiary/aromatic N) is 4. The molecule has 2 aromatic rings. The van der Waals surface area contributed by atoms with Crippen LogP contribution < -0.4 is 10.9 Å². The monoisotopic (exact) mass is 330 g/mol. The highest BCUT2D eigenvalue weighted by molar-refractivity contribution is 5.78. The average molecular weight is 330 g/mol. The van der Waals surface area contributed by atoms with Gasteiger partial charge in [0.05, 0.1) is 6.42 Å². The van der Waals surface area contributed by atoms with Crippen molar-refractivity contribution in [3.8, 4) is 0 Å². The Labute approximate surface area is 139 Å². The minimum atomic E-state index is -0.211. The molecule has 8 nitrogen and oxygen atoms in total. The van der Waals surface area contributed by atoms with Gasteiger partial charge in [0.15, 0.2) is 0 Å². The summed E-state index contributed by atoms with van der Waals surface area (Å²) in [6.07, 6.45) is 3.55. The Bertz CT molecular complexity index is 833. The predicted octanol–water partition coefficient (Wildman–Crippen LogP) is -0.129. The third-order valence-corrected chi connectivity index (χ3v) is 5.17. The number of hydrogen-bond donors (Lipinski definition) is 2. The first-order chi connectivity index (χ1) is 11.5. The lowest BCUT2D eigenvalue weighted by Crippen LogP contribution is -2.47. The van der Waals surface area contributed by atoms with Crippen molar-refractivity contribution in [3.05, 3.63) is 27.9 Å². The van der Waals surface area contributed by atoms with Gasteiger partial charge in [-0.2, -0.15) is 9.50 Å². The Morgan fingerprint density at radius 2 is 2.25 bits per heavy atom. The Kier molecular flexibility index (Phi) is 3.64. The molecule has 1 unspecified atom stereocenters. The molecular formula is C16H22N6O2. The van der Waals surface area contributed by atoms with Crippen molar-refractivity contribution in [2.24, 2.45) is 5.41 Å². The van der Waals surface area contributed by atoms with Crippen molar-refractivity contribution < 1.29 is 4.79 Å². The Morgan fingerprint density at radius 3 is 3.04 bits per heavy atom. The Morgan fingerprint density at radius 1 is 1.38 bits per heavy atom. The van der Waals surface area contributed by atoms with Gasteiger partial charge in [-0.1, -0.05) is 0 Å². The fourth-order valence-electron chi connectivity index (χ4n) is 3.94. The molecule has 128 valence electrons. The predicted molar refractivity (Wildman–Crippen MR) is 87.8 cm³/mol. The van der Waals surface area contributed by atoms with Crippen molar-refractivity contribution in [3.63, 3.8) is 0 Å². The van der Waals surface area contributed by atoms with Crippen LogP contribution in [0.15, 0.2) is 10.9 Å². The number of aromatic amines is 1. The molecule has 2 aliphatic rings. The van der Waals surface area contributed by atoms with Crippen LogP contribution in [0, 0.1) is 12.3 Å². The van der Waals surface area contributed by atoms with Crippen LogP contribution in [0.3, 0.4) is 0 Å². The van der Waals surface area contributed by atoms with Gasteiger partial charge in [-0.15, -0.1) is 0 Å². The van der Waals surface area contributed by atoms with E-state index in [1.54, 1.807) is 6.92 Å². The average Bonchev–Trinajstić information content (AvgIpc) is 3.14. The Balaban J connectivity index is 1.51. The summed E-state index contributed by atoms with van der Waals surface area (Å²) < 4.78 is 1.29. The maximum absolute atomic E-state index is 12.7. The molecule has 2 fully saturated rings. The normalized spacial score (nSPS) is 24.1. The van der Waals surface area contributed by atoms with Gasteiger partial charge in [0, 0.05) is 36.8 Å². The number of nitrogens with one attached hydrogen (secondary N) is 2. The van der Waals surface area contributed by atoms with Crippen molar-refractivity contribution in [2.75, 3.05) is 26.2 Å². The largest absolute Gasteiger partial charge is 0.342 e. The lowest BCUT2D eigenvalue weighted by Gasteiger charge is -2.40. The number of H-pyrrole nitrogens is 1. The maximum Gasteiger partial charge on any atom is 0.274 e. The van der Waals surface area contributed by atoms with Crippen molar-refractivity contribution in [2.45, 2.75) is 32.6 Å². The summed E-state index contributed by atoms with van der Waals surface area (Å²) in [5, 5.41) is 6.31. The molecule has 4 heterocycles. The zero-order valence-electron chi connectivity index (χ0n) is 13.8. The van der Waals surface area contributed by atoms with Gasteiger partial charge in [0.1, 0.15) is 5.82 Å². The summed E-state index contributed by atoms with van der Waals surface area (Å²) in [6, 6.07) is 1.44. The highest BCUT2D eigenvalue weighted by Crippen LogP contribution is 2.35. The zero-order valence-corrected chi connectivity index (χ0v) is 13.8. The number of piperidine rings is 1. The molecule has 4 rings (SSSR count). The molecule has 1 atom stereocenters. The van der Waals surface area contributed by atoms with E-state index in [4.69, 9.17) is 0 Å². The van der Waals surface area contributed by atoms with E-state index in [1.165, 1.54) is 17.0 Å². The summed E-state index contributed by atoms with van der Waals surface area (Å²) in [6.45, 7) is 5.41. The van der Waals surface area contributed by atoms with E-state index in [0.29, 0.717) is 17.3 Å². The summed E-state index contributed by atoms with van der Waals surface area (Å²) >= 11 is 0. The van der Waals surface area contributed by atoms with Crippen molar-refractivity contribution in [1.82, 2.24) is 29.8 Å². The second kappa shape index (κ2) is 5.70. The van der Waals surface area contributed by atoms with E-state index < -0.39 is 0 Å². The standard InChI is InChI=1S/C16H22N6O2/c1-11-7-14(24)22-15(18-11)19-12(20-22)8-13(23)21-6-2-3-16(10-21)4-5-17-9-16/h7,17H,2-6,8-10H2,1H3,(H,18,19,20). The zero-order chi connectivity index (χ0) is 16.7. The van der Waals surface area contributed by atoms with Gasteiger partial charge in [-0.05, 0) is 32.7 Å². The molecule has 24 heavy (non-hydrogen) atoms. The third-order valence-electron chi connectivity index (χ3n) is 5.17. The van der Waals surface area contributed by atoms with Gasteiger partial charge >= 0.3 is 0 Å². The summed E-state index contributed by atoms with van der Waals surface area (Å²) in [4.78, 5) is 35.1. The van der Waals surface area contributed by atoms with Gasteiger partial charge in [0.2, 0.25) is 5.91 Å². The minimum Gasteiger partial charge on any atom is -0.342 e. The lowest BCUT2D eigenvalue weighted by molar-refractivity contribution is -0.133. The van der Waals surface area contributed by atoms with Crippen LogP contribution in [0.4, 0.5) is 0 Å². The van der Waals surface area contributed by atoms with Crippen LogP contribution in [0.1, 0.15) is 30.8 Å². The van der Waals surface area contributed by atoms with Crippen LogP contribution in [0.2, 0.25) is 0 Å². The first-order valence-corrected chi connectivity index (χ1v) is 8.49. The number of aromatic nitrogens is 4. The van der Waals surface area contributed by atoms with Crippen LogP contribution in [0.5, 0.6) is 0 Å². The number of fused-ring (bicyclic) bond motifs is 1. The van der Waals surface area contributed by atoms with E-state index in [1.807, 2.05) is 4.90 Å². The topological polar surface area (TPSA) is 95.4 Å². The third kappa shape index (κ3) is 2.71. The van der Waals surface area contributed by atoms with E-state index >= 15 is 0 Å². The molecule has 1 amide bonds. The SMILES string of the molecule is Cc1cc(=O)n2[nH]c(CC(=O)N3CCCC4(CCNC4)C3)nc2n1. The fraction of sp³-hybridized carbons (Fsp3) is 0.625. The molecule has 0 aliphatic carbocycles. The lowest BCUT2D eigenvalue weighted by atomic mass is 9.79. The molecule has 2 aromatic heterocycles. The molecule has 2 N–H and O–H groups in total. The van der Waals surface area contributed by atoms with Crippen LogP contribution in [-0.4, -0.2) is 56.6 Å². The Hall–Kier alpha value is -2.22.